The monoisotopic (exact) mass is 263 g/mol. The van der Waals surface area contributed by atoms with E-state index in [0.717, 1.165) is 25.3 Å². The highest BCUT2D eigenvalue weighted by Crippen LogP contribution is 2.11. The number of hydrogen-bond acceptors (Lipinski definition) is 3. The quantitative estimate of drug-likeness (QED) is 0.898. The number of nitrogens with one attached hydrogen (secondary N) is 1. The summed E-state index contributed by atoms with van der Waals surface area (Å²) in [6.45, 7) is 8.34. The van der Waals surface area contributed by atoms with E-state index in [2.05, 4.69) is 59.3 Å². The fraction of sp³-hybridized carbons (Fsp3) is 0.500. The van der Waals surface area contributed by atoms with Gasteiger partial charge in [0.05, 0.1) is 6.54 Å². The lowest BCUT2D eigenvalue weighted by molar-refractivity contribution is 0.411. The zero-order valence-electron chi connectivity index (χ0n) is 11.3. The Morgan fingerprint density at radius 1 is 1.39 bits per heavy atom. The minimum Gasteiger partial charge on any atom is -0.334 e. The van der Waals surface area contributed by atoms with Gasteiger partial charge in [-0.25, -0.2) is 4.98 Å². The zero-order valence-corrected chi connectivity index (χ0v) is 12.1. The summed E-state index contributed by atoms with van der Waals surface area (Å²) in [4.78, 5) is 5.85. The number of thiophene rings is 1. The smallest absolute Gasteiger partial charge is 0.122 e. The fourth-order valence-corrected chi connectivity index (χ4v) is 2.44. The normalized spacial score (nSPS) is 11.9. The summed E-state index contributed by atoms with van der Waals surface area (Å²) in [5.74, 6) is 1.11. The third-order valence-electron chi connectivity index (χ3n) is 2.76. The molecule has 4 heteroatoms. The van der Waals surface area contributed by atoms with Crippen LogP contribution in [-0.4, -0.2) is 15.1 Å². The van der Waals surface area contributed by atoms with E-state index in [1.807, 2.05) is 17.5 Å². The van der Waals surface area contributed by atoms with Crippen LogP contribution in [-0.2, 0) is 19.5 Å². The van der Waals surface area contributed by atoms with Crippen molar-refractivity contribution in [3.05, 3.63) is 40.6 Å². The topological polar surface area (TPSA) is 29.9 Å². The molecule has 0 aliphatic heterocycles. The molecule has 0 fully saturated rings. The Hall–Kier alpha value is -1.13. The predicted octanol–water partition coefficient (Wildman–Crippen LogP) is 3.08. The standard InChI is InChI=1S/C14H21N3S/c1-14(2,3)16-11-13-15-7-9-17(13)8-6-12-5-4-10-18-12/h4-5,7,9-10,16H,6,8,11H2,1-3H3. The number of aryl methyl sites for hydroxylation is 2. The molecule has 0 saturated heterocycles. The minimum atomic E-state index is 0.129. The molecule has 0 bridgehead atoms. The van der Waals surface area contributed by atoms with E-state index in [1.54, 1.807) is 0 Å². The Balaban J connectivity index is 1.91. The van der Waals surface area contributed by atoms with Gasteiger partial charge in [0.15, 0.2) is 0 Å². The number of rotatable bonds is 5. The molecular formula is C14H21N3S. The molecule has 2 aromatic rings. The summed E-state index contributed by atoms with van der Waals surface area (Å²) in [5.41, 5.74) is 0.129. The lowest BCUT2D eigenvalue weighted by Crippen LogP contribution is -2.36. The predicted molar refractivity (Wildman–Crippen MR) is 76.8 cm³/mol. The SMILES string of the molecule is CC(C)(C)NCc1nccn1CCc1cccs1. The van der Waals surface area contributed by atoms with Crippen LogP contribution < -0.4 is 5.32 Å². The van der Waals surface area contributed by atoms with E-state index >= 15 is 0 Å². The van der Waals surface area contributed by atoms with Crippen molar-refractivity contribution in [2.45, 2.75) is 45.8 Å². The third kappa shape index (κ3) is 3.96. The van der Waals surface area contributed by atoms with E-state index in [1.165, 1.54) is 4.88 Å². The van der Waals surface area contributed by atoms with E-state index in [0.29, 0.717) is 0 Å². The van der Waals surface area contributed by atoms with E-state index in [4.69, 9.17) is 0 Å². The Morgan fingerprint density at radius 2 is 2.22 bits per heavy atom. The number of hydrogen-bond donors (Lipinski definition) is 1. The van der Waals surface area contributed by atoms with Crippen LogP contribution in [0.3, 0.4) is 0 Å². The maximum atomic E-state index is 4.42. The lowest BCUT2D eigenvalue weighted by atomic mass is 10.1. The van der Waals surface area contributed by atoms with Crippen LogP contribution in [0.25, 0.3) is 0 Å². The van der Waals surface area contributed by atoms with Crippen molar-refractivity contribution in [3.63, 3.8) is 0 Å². The maximum Gasteiger partial charge on any atom is 0.122 e. The van der Waals surface area contributed by atoms with Gasteiger partial charge >= 0.3 is 0 Å². The first kappa shape index (κ1) is 13.3. The molecule has 0 atom stereocenters. The molecule has 1 N–H and O–H groups in total. The van der Waals surface area contributed by atoms with E-state index in [-0.39, 0.29) is 5.54 Å². The van der Waals surface area contributed by atoms with Gasteiger partial charge in [-0.15, -0.1) is 11.3 Å². The summed E-state index contributed by atoms with van der Waals surface area (Å²) in [7, 11) is 0. The van der Waals surface area contributed by atoms with Gasteiger partial charge in [0.1, 0.15) is 5.82 Å². The van der Waals surface area contributed by atoms with Crippen LogP contribution in [0.1, 0.15) is 31.5 Å². The summed E-state index contributed by atoms with van der Waals surface area (Å²) >= 11 is 1.82. The molecule has 2 heterocycles. The molecule has 0 radical (unpaired) electrons. The van der Waals surface area contributed by atoms with Crippen LogP contribution in [0.15, 0.2) is 29.9 Å². The molecular weight excluding hydrogens is 242 g/mol. The van der Waals surface area contributed by atoms with Gasteiger partial charge in [0.25, 0.3) is 0 Å². The summed E-state index contributed by atoms with van der Waals surface area (Å²) in [6.07, 6.45) is 5.03. The van der Waals surface area contributed by atoms with Gasteiger partial charge in [-0.3, -0.25) is 0 Å². The second-order valence-corrected chi connectivity index (χ2v) is 6.50. The highest BCUT2D eigenvalue weighted by Gasteiger charge is 2.10. The van der Waals surface area contributed by atoms with E-state index < -0.39 is 0 Å². The molecule has 0 amide bonds. The highest BCUT2D eigenvalue weighted by atomic mass is 32.1. The molecule has 0 spiro atoms. The second-order valence-electron chi connectivity index (χ2n) is 5.47. The Morgan fingerprint density at radius 3 is 2.89 bits per heavy atom. The maximum absolute atomic E-state index is 4.42. The molecule has 0 aliphatic carbocycles. The first-order valence-electron chi connectivity index (χ1n) is 6.32. The van der Waals surface area contributed by atoms with Crippen LogP contribution in [0.4, 0.5) is 0 Å². The van der Waals surface area contributed by atoms with Crippen LogP contribution in [0, 0.1) is 0 Å². The van der Waals surface area contributed by atoms with Crippen molar-refractivity contribution in [2.24, 2.45) is 0 Å². The van der Waals surface area contributed by atoms with Gasteiger partial charge in [-0.2, -0.15) is 0 Å². The van der Waals surface area contributed by atoms with Gasteiger partial charge in [-0.1, -0.05) is 6.07 Å². The van der Waals surface area contributed by atoms with Crippen molar-refractivity contribution in [3.8, 4) is 0 Å². The number of nitrogens with zero attached hydrogens (tertiary/aromatic N) is 2. The molecule has 0 saturated carbocycles. The van der Waals surface area contributed by atoms with Gasteiger partial charge < -0.3 is 9.88 Å². The van der Waals surface area contributed by atoms with Crippen molar-refractivity contribution in [1.82, 2.24) is 14.9 Å². The van der Waals surface area contributed by atoms with Crippen LogP contribution in [0.5, 0.6) is 0 Å². The molecule has 0 aromatic carbocycles. The Kier molecular flexibility index (Phi) is 4.19. The first-order valence-corrected chi connectivity index (χ1v) is 7.20. The fourth-order valence-electron chi connectivity index (χ4n) is 1.74. The lowest BCUT2D eigenvalue weighted by Gasteiger charge is -2.20. The van der Waals surface area contributed by atoms with Crippen molar-refractivity contribution in [1.29, 1.82) is 0 Å². The summed E-state index contributed by atoms with van der Waals surface area (Å²) in [5, 5.41) is 5.61. The van der Waals surface area contributed by atoms with Crippen molar-refractivity contribution < 1.29 is 0 Å². The van der Waals surface area contributed by atoms with Gasteiger partial charge in [-0.05, 0) is 38.6 Å². The molecule has 98 valence electrons. The van der Waals surface area contributed by atoms with Gasteiger partial charge in [0.2, 0.25) is 0 Å². The average molecular weight is 263 g/mol. The second kappa shape index (κ2) is 5.67. The average Bonchev–Trinajstić information content (AvgIpc) is 2.94. The zero-order chi connectivity index (χ0) is 13.0. The highest BCUT2D eigenvalue weighted by molar-refractivity contribution is 7.09. The number of imidazole rings is 1. The minimum absolute atomic E-state index is 0.129. The Labute approximate surface area is 113 Å². The number of aromatic nitrogens is 2. The third-order valence-corrected chi connectivity index (χ3v) is 3.69. The largest absolute Gasteiger partial charge is 0.334 e. The van der Waals surface area contributed by atoms with Crippen molar-refractivity contribution in [2.75, 3.05) is 0 Å². The van der Waals surface area contributed by atoms with E-state index in [9.17, 15) is 0 Å². The molecule has 0 unspecified atom stereocenters. The molecule has 3 nitrogen and oxygen atoms in total. The summed E-state index contributed by atoms with van der Waals surface area (Å²) in [6, 6.07) is 4.30. The van der Waals surface area contributed by atoms with Crippen LogP contribution >= 0.6 is 11.3 Å². The molecule has 18 heavy (non-hydrogen) atoms. The first-order chi connectivity index (χ1) is 8.54. The summed E-state index contributed by atoms with van der Waals surface area (Å²) < 4.78 is 2.23. The molecule has 2 rings (SSSR count). The molecule has 0 aliphatic rings. The molecule has 2 aromatic heterocycles. The Bertz CT molecular complexity index is 465. The van der Waals surface area contributed by atoms with Crippen LogP contribution in [0.2, 0.25) is 0 Å². The van der Waals surface area contributed by atoms with Crippen molar-refractivity contribution >= 4 is 11.3 Å². The van der Waals surface area contributed by atoms with Gasteiger partial charge in [0, 0.05) is 29.4 Å².